The van der Waals surface area contributed by atoms with Crippen LogP contribution in [0.25, 0.3) is 11.0 Å². The van der Waals surface area contributed by atoms with Gasteiger partial charge in [-0.05, 0) is 44.0 Å². The number of hydrogen-bond donors (Lipinski definition) is 0. The Bertz CT molecular complexity index is 1030. The zero-order valence-corrected chi connectivity index (χ0v) is 14.8. The number of carbonyl (C=O) groups excluding carboxylic acids is 1. The summed E-state index contributed by atoms with van der Waals surface area (Å²) in [5, 5.41) is 0.344. The third-order valence-corrected chi connectivity index (χ3v) is 4.37. The molecule has 0 aliphatic carbocycles. The Balaban J connectivity index is 1.57. The number of ether oxygens (including phenoxy) is 3. The van der Waals surface area contributed by atoms with E-state index in [1.165, 1.54) is 12.3 Å². The molecule has 6 heteroatoms. The molecule has 1 aliphatic heterocycles. The summed E-state index contributed by atoms with van der Waals surface area (Å²) < 4.78 is 21.8. The van der Waals surface area contributed by atoms with Gasteiger partial charge in [0.1, 0.15) is 23.3 Å². The Labute approximate surface area is 155 Å². The average Bonchev–Trinajstić information content (AvgIpc) is 3.21. The molecule has 138 valence electrons. The van der Waals surface area contributed by atoms with Crippen LogP contribution in [0.1, 0.15) is 18.4 Å². The molecule has 0 amide bonds. The molecule has 0 radical (unpaired) electrons. The molecule has 0 saturated carbocycles. The van der Waals surface area contributed by atoms with Crippen molar-refractivity contribution in [2.45, 2.75) is 25.9 Å². The molecule has 1 atom stereocenters. The number of benzene rings is 2. The predicted molar refractivity (Wildman–Crippen MR) is 98.3 cm³/mol. The first-order chi connectivity index (χ1) is 13.1. The third-order valence-electron chi connectivity index (χ3n) is 4.37. The largest absolute Gasteiger partial charge is 0.460 e. The summed E-state index contributed by atoms with van der Waals surface area (Å²) in [7, 11) is 0. The molecule has 4 rings (SSSR count). The van der Waals surface area contributed by atoms with Crippen molar-refractivity contribution in [3.63, 3.8) is 0 Å². The fraction of sp³-hybridized carbons (Fsp3) is 0.238. The van der Waals surface area contributed by atoms with Gasteiger partial charge in [0.05, 0.1) is 5.39 Å². The van der Waals surface area contributed by atoms with Crippen LogP contribution in [0.5, 0.6) is 17.2 Å². The third kappa shape index (κ3) is 3.71. The van der Waals surface area contributed by atoms with Gasteiger partial charge >= 0.3 is 5.97 Å². The second kappa shape index (κ2) is 7.25. The van der Waals surface area contributed by atoms with E-state index in [1.807, 2.05) is 19.1 Å². The fourth-order valence-corrected chi connectivity index (χ4v) is 2.90. The van der Waals surface area contributed by atoms with Crippen LogP contribution in [0.3, 0.4) is 0 Å². The van der Waals surface area contributed by atoms with Crippen molar-refractivity contribution in [3.8, 4) is 17.2 Å². The molecule has 1 fully saturated rings. The highest BCUT2D eigenvalue weighted by Crippen LogP contribution is 2.25. The monoisotopic (exact) mass is 366 g/mol. The molecular weight excluding hydrogens is 348 g/mol. The van der Waals surface area contributed by atoms with Gasteiger partial charge in [0.2, 0.25) is 11.2 Å². The second-order valence-electron chi connectivity index (χ2n) is 6.42. The zero-order chi connectivity index (χ0) is 18.8. The molecule has 0 N–H and O–H groups in total. The molecule has 1 unspecified atom stereocenters. The van der Waals surface area contributed by atoms with Crippen molar-refractivity contribution < 1.29 is 23.4 Å². The highest BCUT2D eigenvalue weighted by Gasteiger charge is 2.25. The van der Waals surface area contributed by atoms with E-state index < -0.39 is 12.1 Å². The van der Waals surface area contributed by atoms with Gasteiger partial charge < -0.3 is 18.6 Å². The quantitative estimate of drug-likeness (QED) is 0.514. The molecular formula is C21H18O6. The van der Waals surface area contributed by atoms with Gasteiger partial charge in [0, 0.05) is 12.7 Å². The summed E-state index contributed by atoms with van der Waals surface area (Å²) in [5.74, 6) is 0.511. The standard InChI is InChI=1S/C21H18O6/c1-13-4-6-14(7-5-13)26-19-12-25-18-11-15(8-9-16(18)20(19)22)27-21(23)17-3-2-10-24-17/h4-9,11-12,17H,2-3,10H2,1H3. The lowest BCUT2D eigenvalue weighted by Gasteiger charge is -2.10. The van der Waals surface area contributed by atoms with Gasteiger partial charge in [0.25, 0.3) is 0 Å². The molecule has 0 spiro atoms. The second-order valence-corrected chi connectivity index (χ2v) is 6.42. The minimum Gasteiger partial charge on any atom is -0.460 e. The fourth-order valence-electron chi connectivity index (χ4n) is 2.90. The summed E-state index contributed by atoms with van der Waals surface area (Å²) in [5.41, 5.74) is 1.11. The number of rotatable bonds is 4. The van der Waals surface area contributed by atoms with E-state index in [9.17, 15) is 9.59 Å². The topological polar surface area (TPSA) is 75.0 Å². The Morgan fingerprint density at radius 1 is 1.11 bits per heavy atom. The van der Waals surface area contributed by atoms with Crippen LogP contribution in [0.15, 0.2) is 57.9 Å². The minimum absolute atomic E-state index is 0.0930. The number of fused-ring (bicyclic) bond motifs is 1. The van der Waals surface area contributed by atoms with Crippen molar-refractivity contribution in [2.75, 3.05) is 6.61 Å². The van der Waals surface area contributed by atoms with Crippen LogP contribution in [0.2, 0.25) is 0 Å². The van der Waals surface area contributed by atoms with E-state index in [0.29, 0.717) is 35.5 Å². The molecule has 0 bridgehead atoms. The van der Waals surface area contributed by atoms with Crippen LogP contribution in [-0.4, -0.2) is 18.7 Å². The first kappa shape index (κ1) is 17.3. The van der Waals surface area contributed by atoms with E-state index in [1.54, 1.807) is 24.3 Å². The Kier molecular flexibility index (Phi) is 4.64. The first-order valence-corrected chi connectivity index (χ1v) is 8.73. The summed E-state index contributed by atoms with van der Waals surface area (Å²) in [4.78, 5) is 24.7. The average molecular weight is 366 g/mol. The van der Waals surface area contributed by atoms with E-state index in [2.05, 4.69) is 0 Å². The molecule has 1 saturated heterocycles. The predicted octanol–water partition coefficient (Wildman–Crippen LogP) is 3.98. The van der Waals surface area contributed by atoms with E-state index in [-0.39, 0.29) is 11.2 Å². The molecule has 1 aliphatic rings. The van der Waals surface area contributed by atoms with E-state index in [0.717, 1.165) is 12.0 Å². The lowest BCUT2D eigenvalue weighted by molar-refractivity contribution is -0.144. The SMILES string of the molecule is Cc1ccc(Oc2coc3cc(OC(=O)C4CCCO4)ccc3c2=O)cc1. The maximum absolute atomic E-state index is 12.6. The lowest BCUT2D eigenvalue weighted by Crippen LogP contribution is -2.24. The number of hydrogen-bond acceptors (Lipinski definition) is 6. The van der Waals surface area contributed by atoms with Crippen molar-refractivity contribution in [1.29, 1.82) is 0 Å². The highest BCUT2D eigenvalue weighted by molar-refractivity contribution is 5.82. The van der Waals surface area contributed by atoms with Crippen LogP contribution in [-0.2, 0) is 9.53 Å². The van der Waals surface area contributed by atoms with Crippen molar-refractivity contribution in [2.24, 2.45) is 0 Å². The molecule has 2 aromatic carbocycles. The highest BCUT2D eigenvalue weighted by atomic mass is 16.6. The summed E-state index contributed by atoms with van der Waals surface area (Å²) in [6, 6.07) is 12.0. The number of esters is 1. The molecule has 1 aromatic heterocycles. The zero-order valence-electron chi connectivity index (χ0n) is 14.8. The Hall–Kier alpha value is -3.12. The smallest absolute Gasteiger partial charge is 0.340 e. The van der Waals surface area contributed by atoms with Crippen LogP contribution in [0.4, 0.5) is 0 Å². The van der Waals surface area contributed by atoms with Crippen LogP contribution < -0.4 is 14.9 Å². The van der Waals surface area contributed by atoms with Crippen molar-refractivity contribution in [1.82, 2.24) is 0 Å². The van der Waals surface area contributed by atoms with Crippen molar-refractivity contribution >= 4 is 16.9 Å². The van der Waals surface area contributed by atoms with Crippen LogP contribution >= 0.6 is 0 Å². The van der Waals surface area contributed by atoms with Gasteiger partial charge in [0.15, 0.2) is 6.10 Å². The maximum atomic E-state index is 12.6. The maximum Gasteiger partial charge on any atom is 0.340 e. The number of aryl methyl sites for hydroxylation is 1. The van der Waals surface area contributed by atoms with E-state index >= 15 is 0 Å². The summed E-state index contributed by atoms with van der Waals surface area (Å²) in [6.45, 7) is 2.54. The lowest BCUT2D eigenvalue weighted by atomic mass is 10.2. The minimum atomic E-state index is -0.530. The van der Waals surface area contributed by atoms with Gasteiger partial charge in [-0.3, -0.25) is 4.79 Å². The summed E-state index contributed by atoms with van der Waals surface area (Å²) >= 11 is 0. The summed E-state index contributed by atoms with van der Waals surface area (Å²) in [6.07, 6.45) is 2.23. The van der Waals surface area contributed by atoms with Crippen molar-refractivity contribution in [3.05, 3.63) is 64.5 Å². The first-order valence-electron chi connectivity index (χ1n) is 8.73. The van der Waals surface area contributed by atoms with E-state index in [4.69, 9.17) is 18.6 Å². The molecule has 6 nitrogen and oxygen atoms in total. The van der Waals surface area contributed by atoms with Crippen LogP contribution in [0, 0.1) is 6.92 Å². The van der Waals surface area contributed by atoms with Gasteiger partial charge in [-0.2, -0.15) is 0 Å². The van der Waals surface area contributed by atoms with Gasteiger partial charge in [-0.15, -0.1) is 0 Å². The molecule has 3 aromatic rings. The Morgan fingerprint density at radius 3 is 2.63 bits per heavy atom. The molecule has 2 heterocycles. The molecule has 27 heavy (non-hydrogen) atoms. The number of carbonyl (C=O) groups is 1. The van der Waals surface area contributed by atoms with Gasteiger partial charge in [-0.1, -0.05) is 17.7 Å². The Morgan fingerprint density at radius 2 is 1.89 bits per heavy atom. The normalized spacial score (nSPS) is 16.4. The van der Waals surface area contributed by atoms with Gasteiger partial charge in [-0.25, -0.2) is 4.79 Å².